The number of allylic oxidation sites excluding steroid dienone is 2. The van der Waals surface area contributed by atoms with Gasteiger partial charge >= 0.3 is 5.97 Å². The second kappa shape index (κ2) is 12.3. The van der Waals surface area contributed by atoms with Gasteiger partial charge in [0.2, 0.25) is 0 Å². The van der Waals surface area contributed by atoms with Crippen LogP contribution in [0.15, 0.2) is 24.3 Å². The Labute approximate surface area is 166 Å². The van der Waals surface area contributed by atoms with Crippen LogP contribution < -0.4 is 0 Å². The number of esters is 1. The molecule has 6 heteroatoms. The number of methoxy groups -OCH3 is 1. The largest absolute Gasteiger partial charge is 0.463 e. The third-order valence-corrected chi connectivity index (χ3v) is 9.41. The third-order valence-electron chi connectivity index (χ3n) is 4.93. The van der Waals surface area contributed by atoms with E-state index in [0.717, 1.165) is 19.1 Å². The summed E-state index contributed by atoms with van der Waals surface area (Å²) in [5.74, 6) is -0.587. The molecule has 0 N–H and O–H groups in total. The first-order valence-electron chi connectivity index (χ1n) is 9.66. The second-order valence-electron chi connectivity index (χ2n) is 8.20. The van der Waals surface area contributed by atoms with E-state index in [1.165, 1.54) is 6.08 Å². The van der Waals surface area contributed by atoms with E-state index in [1.54, 1.807) is 20.1 Å². The first kappa shape index (κ1) is 25.8. The number of ether oxygens (including phenoxy) is 2. The molecule has 0 aliphatic carbocycles. The fourth-order valence-electron chi connectivity index (χ4n) is 2.18. The van der Waals surface area contributed by atoms with E-state index in [0.29, 0.717) is 6.61 Å². The molecule has 27 heavy (non-hydrogen) atoms. The maximum Gasteiger partial charge on any atom is 0.330 e. The van der Waals surface area contributed by atoms with Crippen LogP contribution in [0, 0.1) is 5.92 Å². The van der Waals surface area contributed by atoms with Gasteiger partial charge in [0.05, 0.1) is 12.7 Å². The molecule has 0 radical (unpaired) electrons. The predicted molar refractivity (Wildman–Crippen MR) is 112 cm³/mol. The number of hydrogen-bond acceptors (Lipinski definition) is 5. The van der Waals surface area contributed by atoms with Crippen molar-refractivity contribution in [1.82, 2.24) is 0 Å². The van der Waals surface area contributed by atoms with Crippen LogP contribution in [0.2, 0.25) is 18.1 Å². The van der Waals surface area contributed by atoms with Crippen molar-refractivity contribution in [1.29, 1.82) is 0 Å². The van der Waals surface area contributed by atoms with Gasteiger partial charge in [0.1, 0.15) is 12.4 Å². The number of rotatable bonds is 12. The Kier molecular flexibility index (Phi) is 11.7. The summed E-state index contributed by atoms with van der Waals surface area (Å²) in [6.45, 7) is 14.9. The monoisotopic (exact) mass is 398 g/mol. The van der Waals surface area contributed by atoms with Gasteiger partial charge in [0.15, 0.2) is 8.32 Å². The summed E-state index contributed by atoms with van der Waals surface area (Å²) < 4.78 is 17.0. The van der Waals surface area contributed by atoms with Crippen molar-refractivity contribution in [2.45, 2.75) is 77.8 Å². The van der Waals surface area contributed by atoms with Gasteiger partial charge in [-0.25, -0.2) is 4.79 Å². The lowest BCUT2D eigenvalue weighted by molar-refractivity contribution is -0.137. The van der Waals surface area contributed by atoms with E-state index < -0.39 is 8.32 Å². The van der Waals surface area contributed by atoms with Crippen molar-refractivity contribution in [2.24, 2.45) is 5.92 Å². The first-order valence-corrected chi connectivity index (χ1v) is 12.6. The molecule has 0 saturated heterocycles. The minimum absolute atomic E-state index is 0.0494. The molecular formula is C21H38O5Si. The molecule has 0 fully saturated rings. The van der Waals surface area contributed by atoms with Gasteiger partial charge in [-0.3, -0.25) is 0 Å². The zero-order chi connectivity index (χ0) is 21.1. The summed E-state index contributed by atoms with van der Waals surface area (Å²) in [7, 11) is -0.408. The Morgan fingerprint density at radius 1 is 1.15 bits per heavy atom. The second-order valence-corrected chi connectivity index (χ2v) is 13.0. The van der Waals surface area contributed by atoms with Crippen molar-refractivity contribution in [3.8, 4) is 0 Å². The minimum Gasteiger partial charge on any atom is -0.463 e. The molecule has 0 bridgehead atoms. The van der Waals surface area contributed by atoms with Crippen molar-refractivity contribution in [3.05, 3.63) is 24.3 Å². The van der Waals surface area contributed by atoms with Gasteiger partial charge in [-0.05, 0) is 37.9 Å². The van der Waals surface area contributed by atoms with Gasteiger partial charge in [-0.2, -0.15) is 0 Å². The average molecular weight is 399 g/mol. The molecule has 3 atom stereocenters. The molecule has 0 spiro atoms. The molecule has 0 aliphatic rings. The quantitative estimate of drug-likeness (QED) is 0.119. The maximum absolute atomic E-state index is 11.4. The minimum atomic E-state index is -2.04. The molecule has 0 aromatic rings. The molecule has 0 unspecified atom stereocenters. The highest BCUT2D eigenvalue weighted by molar-refractivity contribution is 6.74. The van der Waals surface area contributed by atoms with Gasteiger partial charge in [-0.15, -0.1) is 0 Å². The van der Waals surface area contributed by atoms with Crippen molar-refractivity contribution in [2.75, 3.05) is 13.7 Å². The molecule has 0 aromatic carbocycles. The SMILES string of the molecule is CCOC(=O)/C=C/CC/C=C/[C@H](OC)[C@@H](O[Si](C)(C)C(C)(C)C)[C@H](C)C=O. The van der Waals surface area contributed by atoms with E-state index in [1.807, 2.05) is 19.1 Å². The van der Waals surface area contributed by atoms with Crippen LogP contribution in [-0.2, 0) is 23.5 Å². The lowest BCUT2D eigenvalue weighted by Gasteiger charge is -2.41. The Morgan fingerprint density at radius 2 is 1.74 bits per heavy atom. The lowest BCUT2D eigenvalue weighted by Crippen LogP contribution is -2.49. The highest BCUT2D eigenvalue weighted by Crippen LogP contribution is 2.38. The molecule has 156 valence electrons. The van der Waals surface area contributed by atoms with Crippen molar-refractivity contribution >= 4 is 20.6 Å². The highest BCUT2D eigenvalue weighted by atomic mass is 28.4. The standard InChI is InChI=1S/C21H38O5Si/c1-9-25-19(23)15-13-11-10-12-14-18(24-6)20(17(2)16-22)26-27(7,8)21(3,4)5/h12-18,20H,9-11H2,1-8H3/b14-12+,15-13+/t17-,18+,20+/m1/s1. The number of carbonyl (C=O) groups is 2. The molecule has 0 saturated carbocycles. The van der Waals surface area contributed by atoms with Crippen LogP contribution in [0.25, 0.3) is 0 Å². The number of aldehydes is 1. The fraction of sp³-hybridized carbons (Fsp3) is 0.714. The summed E-state index contributed by atoms with van der Waals surface area (Å²) in [6.07, 6.45) is 9.00. The first-order chi connectivity index (χ1) is 12.5. The molecule has 0 aromatic heterocycles. The summed E-state index contributed by atoms with van der Waals surface area (Å²) >= 11 is 0. The van der Waals surface area contributed by atoms with Crippen molar-refractivity contribution in [3.63, 3.8) is 0 Å². The zero-order valence-electron chi connectivity index (χ0n) is 18.3. The Bertz CT molecular complexity index is 505. The van der Waals surface area contributed by atoms with Crippen LogP contribution in [-0.4, -0.2) is 46.5 Å². The van der Waals surface area contributed by atoms with Gasteiger partial charge in [0, 0.05) is 19.1 Å². The maximum atomic E-state index is 11.4. The summed E-state index contributed by atoms with van der Waals surface area (Å²) in [4.78, 5) is 22.7. The van der Waals surface area contributed by atoms with Crippen LogP contribution in [0.5, 0.6) is 0 Å². The topological polar surface area (TPSA) is 61.8 Å². The summed E-state index contributed by atoms with van der Waals surface area (Å²) in [5.41, 5.74) is 0. The Morgan fingerprint density at radius 3 is 2.22 bits per heavy atom. The van der Waals surface area contributed by atoms with E-state index in [9.17, 15) is 9.59 Å². The van der Waals surface area contributed by atoms with E-state index in [-0.39, 0.29) is 29.1 Å². The third kappa shape index (κ3) is 9.49. The number of unbranched alkanes of at least 4 members (excludes halogenated alkanes) is 1. The van der Waals surface area contributed by atoms with E-state index >= 15 is 0 Å². The molecule has 0 rings (SSSR count). The zero-order valence-corrected chi connectivity index (χ0v) is 19.3. The lowest BCUT2D eigenvalue weighted by atomic mass is 10.0. The van der Waals surface area contributed by atoms with Crippen LogP contribution >= 0.6 is 0 Å². The normalized spacial score (nSPS) is 16.4. The van der Waals surface area contributed by atoms with Gasteiger partial charge < -0.3 is 18.7 Å². The molecule has 0 amide bonds. The fourth-order valence-corrected chi connectivity index (χ4v) is 3.57. The molecule has 0 heterocycles. The number of hydrogen-bond donors (Lipinski definition) is 0. The van der Waals surface area contributed by atoms with Crippen LogP contribution in [0.4, 0.5) is 0 Å². The molecular weight excluding hydrogens is 360 g/mol. The summed E-state index contributed by atoms with van der Waals surface area (Å²) in [5, 5.41) is 0.0494. The Balaban J connectivity index is 4.98. The van der Waals surface area contributed by atoms with E-state index in [2.05, 4.69) is 33.9 Å². The summed E-state index contributed by atoms with van der Waals surface area (Å²) in [6, 6.07) is 0. The van der Waals surface area contributed by atoms with Gasteiger partial charge in [-0.1, -0.05) is 45.9 Å². The Hall–Kier alpha value is -1.24. The molecule has 5 nitrogen and oxygen atoms in total. The highest BCUT2D eigenvalue weighted by Gasteiger charge is 2.41. The molecule has 0 aliphatic heterocycles. The number of carbonyl (C=O) groups excluding carboxylic acids is 2. The van der Waals surface area contributed by atoms with Gasteiger partial charge in [0.25, 0.3) is 0 Å². The smallest absolute Gasteiger partial charge is 0.330 e. The average Bonchev–Trinajstić information content (AvgIpc) is 2.58. The predicted octanol–water partition coefficient (Wildman–Crippen LogP) is 4.68. The van der Waals surface area contributed by atoms with Crippen LogP contribution in [0.3, 0.4) is 0 Å². The van der Waals surface area contributed by atoms with Crippen molar-refractivity contribution < 1.29 is 23.5 Å². The van der Waals surface area contributed by atoms with Crippen LogP contribution in [0.1, 0.15) is 47.5 Å². The van der Waals surface area contributed by atoms with E-state index in [4.69, 9.17) is 13.9 Å².